The number of thioether (sulfide) groups is 1. The number of hydrogen-bond donors (Lipinski definition) is 0. The second-order valence-electron chi connectivity index (χ2n) is 4.14. The average Bonchev–Trinajstić information content (AvgIpc) is 3.10. The molecule has 21 heavy (non-hydrogen) atoms. The number of furan rings is 1. The number of oxazole rings is 1. The molecule has 0 saturated carbocycles. The first-order valence-corrected chi connectivity index (χ1v) is 7.38. The Labute approximate surface area is 129 Å². The molecule has 108 valence electrons. The molecule has 0 bridgehead atoms. The van der Waals surface area contributed by atoms with E-state index in [0.29, 0.717) is 32.9 Å². The summed E-state index contributed by atoms with van der Waals surface area (Å²) in [6.45, 7) is 0. The van der Waals surface area contributed by atoms with Gasteiger partial charge in [-0.15, -0.1) is 0 Å². The van der Waals surface area contributed by atoms with E-state index < -0.39 is 5.97 Å². The summed E-state index contributed by atoms with van der Waals surface area (Å²) in [4.78, 5) is 15.6. The van der Waals surface area contributed by atoms with Gasteiger partial charge >= 0.3 is 5.97 Å². The molecule has 0 aliphatic rings. The van der Waals surface area contributed by atoms with Crippen molar-refractivity contribution in [3.63, 3.8) is 0 Å². The zero-order valence-corrected chi connectivity index (χ0v) is 12.5. The smallest absolute Gasteiger partial charge is 0.373 e. The monoisotopic (exact) mass is 323 g/mol. The molecule has 0 aliphatic carbocycles. The zero-order valence-electron chi connectivity index (χ0n) is 11.0. The molecule has 0 atom stereocenters. The van der Waals surface area contributed by atoms with Crippen molar-refractivity contribution < 1.29 is 18.4 Å². The minimum Gasteiger partial charge on any atom is -0.463 e. The van der Waals surface area contributed by atoms with Crippen LogP contribution in [0.3, 0.4) is 0 Å². The molecular weight excluding hydrogens is 314 g/mol. The number of ether oxygens (including phenoxy) is 1. The minimum atomic E-state index is -0.497. The van der Waals surface area contributed by atoms with Crippen molar-refractivity contribution >= 4 is 40.4 Å². The second-order valence-corrected chi connectivity index (χ2v) is 5.50. The van der Waals surface area contributed by atoms with Crippen molar-refractivity contribution in [2.45, 2.75) is 11.0 Å². The lowest BCUT2D eigenvalue weighted by atomic mass is 10.3. The Morgan fingerprint density at radius 1 is 1.33 bits per heavy atom. The lowest BCUT2D eigenvalue weighted by Crippen LogP contribution is -1.98. The number of carbonyl (C=O) groups is 1. The molecule has 2 aromatic heterocycles. The van der Waals surface area contributed by atoms with E-state index >= 15 is 0 Å². The van der Waals surface area contributed by atoms with Crippen molar-refractivity contribution in [2.75, 3.05) is 7.11 Å². The highest BCUT2D eigenvalue weighted by Gasteiger charge is 2.12. The molecule has 0 amide bonds. The fraction of sp³-hybridized carbons (Fsp3) is 0.143. The summed E-state index contributed by atoms with van der Waals surface area (Å²) in [6.07, 6.45) is 0. The number of methoxy groups -OCH3 is 1. The van der Waals surface area contributed by atoms with Crippen LogP contribution in [0.2, 0.25) is 5.02 Å². The second kappa shape index (κ2) is 5.83. The average molecular weight is 324 g/mol. The molecule has 7 heteroatoms. The molecule has 0 fully saturated rings. The molecule has 0 aliphatic heterocycles. The van der Waals surface area contributed by atoms with Gasteiger partial charge in [0, 0.05) is 5.02 Å². The SMILES string of the molecule is COC(=O)c1ccc(CSc2nc3cc(Cl)ccc3o2)o1. The number of halogens is 1. The summed E-state index contributed by atoms with van der Waals surface area (Å²) in [7, 11) is 1.31. The van der Waals surface area contributed by atoms with Gasteiger partial charge in [-0.1, -0.05) is 23.4 Å². The van der Waals surface area contributed by atoms with E-state index in [9.17, 15) is 4.79 Å². The highest BCUT2D eigenvalue weighted by Crippen LogP contribution is 2.28. The van der Waals surface area contributed by atoms with Gasteiger partial charge in [-0.25, -0.2) is 9.78 Å². The fourth-order valence-corrected chi connectivity index (χ4v) is 2.64. The Kier molecular flexibility index (Phi) is 3.90. The molecule has 0 radical (unpaired) electrons. The van der Waals surface area contributed by atoms with Gasteiger partial charge < -0.3 is 13.6 Å². The number of aromatic nitrogens is 1. The van der Waals surface area contributed by atoms with Crippen molar-refractivity contribution in [3.05, 3.63) is 46.9 Å². The summed E-state index contributed by atoms with van der Waals surface area (Å²) in [5.41, 5.74) is 1.39. The number of nitrogens with zero attached hydrogens (tertiary/aromatic N) is 1. The van der Waals surface area contributed by atoms with Crippen LogP contribution in [0.25, 0.3) is 11.1 Å². The normalized spacial score (nSPS) is 11.0. The predicted molar refractivity (Wildman–Crippen MR) is 78.6 cm³/mol. The van der Waals surface area contributed by atoms with Gasteiger partial charge in [-0.3, -0.25) is 0 Å². The molecule has 0 unspecified atom stereocenters. The van der Waals surface area contributed by atoms with E-state index in [0.717, 1.165) is 0 Å². The number of carbonyl (C=O) groups excluding carboxylic acids is 1. The lowest BCUT2D eigenvalue weighted by molar-refractivity contribution is 0.0563. The maximum Gasteiger partial charge on any atom is 0.373 e. The number of hydrogen-bond acceptors (Lipinski definition) is 6. The molecule has 0 spiro atoms. The van der Waals surface area contributed by atoms with Crippen LogP contribution < -0.4 is 0 Å². The number of benzene rings is 1. The molecule has 1 aromatic carbocycles. The maximum atomic E-state index is 11.3. The van der Waals surface area contributed by atoms with Gasteiger partial charge in [-0.05, 0) is 30.3 Å². The van der Waals surface area contributed by atoms with E-state index in [1.165, 1.54) is 18.9 Å². The Balaban J connectivity index is 1.71. The topological polar surface area (TPSA) is 65.5 Å². The standard InChI is InChI=1S/C14H10ClNO4S/c1-18-13(17)12-5-3-9(19-12)7-21-14-16-10-6-8(15)2-4-11(10)20-14/h2-6H,7H2,1H3. The summed E-state index contributed by atoms with van der Waals surface area (Å²) in [6, 6.07) is 8.56. The molecule has 2 heterocycles. The lowest BCUT2D eigenvalue weighted by Gasteiger charge is -1.94. The first kappa shape index (κ1) is 14.0. The van der Waals surface area contributed by atoms with Gasteiger partial charge in [0.25, 0.3) is 5.22 Å². The Bertz CT molecular complexity index is 795. The van der Waals surface area contributed by atoms with Gasteiger partial charge in [0.15, 0.2) is 5.58 Å². The molecule has 5 nitrogen and oxygen atoms in total. The number of fused-ring (bicyclic) bond motifs is 1. The third-order valence-electron chi connectivity index (χ3n) is 2.72. The molecule has 0 N–H and O–H groups in total. The van der Waals surface area contributed by atoms with Crippen LogP contribution in [-0.4, -0.2) is 18.1 Å². The van der Waals surface area contributed by atoms with Crippen molar-refractivity contribution in [2.24, 2.45) is 0 Å². The van der Waals surface area contributed by atoms with Gasteiger partial charge in [0.1, 0.15) is 11.3 Å². The zero-order chi connectivity index (χ0) is 14.8. The summed E-state index contributed by atoms with van der Waals surface area (Å²) < 4.78 is 15.5. The van der Waals surface area contributed by atoms with Gasteiger partial charge in [0.2, 0.25) is 5.76 Å². The molecule has 0 saturated heterocycles. The van der Waals surface area contributed by atoms with Gasteiger partial charge in [0.05, 0.1) is 12.9 Å². The van der Waals surface area contributed by atoms with E-state index in [4.69, 9.17) is 20.4 Å². The Hall–Kier alpha value is -1.92. The highest BCUT2D eigenvalue weighted by molar-refractivity contribution is 7.98. The highest BCUT2D eigenvalue weighted by atomic mass is 35.5. The van der Waals surface area contributed by atoms with Crippen LogP contribution in [0.5, 0.6) is 0 Å². The number of rotatable bonds is 4. The minimum absolute atomic E-state index is 0.178. The first-order valence-electron chi connectivity index (χ1n) is 6.01. The van der Waals surface area contributed by atoms with E-state index in [1.54, 1.807) is 30.3 Å². The summed E-state index contributed by atoms with van der Waals surface area (Å²) >= 11 is 7.27. The summed E-state index contributed by atoms with van der Waals surface area (Å²) in [5.74, 6) is 0.818. The van der Waals surface area contributed by atoms with Gasteiger partial charge in [-0.2, -0.15) is 0 Å². The maximum absolute atomic E-state index is 11.3. The van der Waals surface area contributed by atoms with Crippen LogP contribution in [0, 0.1) is 0 Å². The third-order valence-corrected chi connectivity index (χ3v) is 3.80. The van der Waals surface area contributed by atoms with Crippen LogP contribution in [0.15, 0.2) is 44.4 Å². The fourth-order valence-electron chi connectivity index (χ4n) is 1.74. The van der Waals surface area contributed by atoms with Crippen molar-refractivity contribution in [1.29, 1.82) is 0 Å². The van der Waals surface area contributed by atoms with Crippen LogP contribution in [0.1, 0.15) is 16.3 Å². The van der Waals surface area contributed by atoms with E-state index in [1.807, 2.05) is 0 Å². The molecule has 3 rings (SSSR count). The molecule has 3 aromatic rings. The largest absolute Gasteiger partial charge is 0.463 e. The van der Waals surface area contributed by atoms with Crippen LogP contribution >= 0.6 is 23.4 Å². The predicted octanol–water partition coefficient (Wildman–Crippen LogP) is 4.15. The number of esters is 1. The first-order chi connectivity index (χ1) is 10.2. The summed E-state index contributed by atoms with van der Waals surface area (Å²) in [5, 5.41) is 1.13. The van der Waals surface area contributed by atoms with Crippen LogP contribution in [-0.2, 0) is 10.5 Å². The Morgan fingerprint density at radius 2 is 2.19 bits per heavy atom. The van der Waals surface area contributed by atoms with Crippen LogP contribution in [0.4, 0.5) is 0 Å². The third kappa shape index (κ3) is 3.06. The van der Waals surface area contributed by atoms with E-state index in [2.05, 4.69) is 9.72 Å². The quantitative estimate of drug-likeness (QED) is 0.530. The Morgan fingerprint density at radius 3 is 3.00 bits per heavy atom. The van der Waals surface area contributed by atoms with Crippen molar-refractivity contribution in [1.82, 2.24) is 4.98 Å². The molecular formula is C14H10ClNO4S. The van der Waals surface area contributed by atoms with Crippen molar-refractivity contribution in [3.8, 4) is 0 Å². The van der Waals surface area contributed by atoms with E-state index in [-0.39, 0.29) is 5.76 Å².